The Balaban J connectivity index is 3.12. The van der Waals surface area contributed by atoms with Crippen LogP contribution < -0.4 is 4.74 Å². The number of carboxylic acids is 1. The van der Waals surface area contributed by atoms with Crippen LogP contribution in [0, 0.1) is 0 Å². The fourth-order valence-electron chi connectivity index (χ4n) is 4.39. The number of hydrogen-bond donors (Lipinski definition) is 3. The maximum absolute atomic E-state index is 12.3. The van der Waals surface area contributed by atoms with Crippen LogP contribution in [0.15, 0.2) is 0 Å². The second-order valence-corrected chi connectivity index (χ2v) is 9.25. The largest absolute Gasteiger partial charge is 0.504 e. The van der Waals surface area contributed by atoms with Gasteiger partial charge in [0.1, 0.15) is 0 Å². The maximum atomic E-state index is 12.3. The highest BCUT2D eigenvalue weighted by atomic mass is 16.5. The first kappa shape index (κ1) is 29.1. The summed E-state index contributed by atoms with van der Waals surface area (Å²) in [6.45, 7) is 6.90. The summed E-state index contributed by atoms with van der Waals surface area (Å²) in [5.41, 5.74) is 1.04. The quantitative estimate of drug-likeness (QED) is 0.134. The molecule has 33 heavy (non-hydrogen) atoms. The van der Waals surface area contributed by atoms with Crippen molar-refractivity contribution < 1.29 is 24.9 Å². The first-order valence-electron chi connectivity index (χ1n) is 13.4. The lowest BCUT2D eigenvalue weighted by molar-refractivity contribution is 0.0693. The van der Waals surface area contributed by atoms with Gasteiger partial charge in [0.15, 0.2) is 11.5 Å². The van der Waals surface area contributed by atoms with Crippen LogP contribution in [0.4, 0.5) is 0 Å². The minimum absolute atomic E-state index is 0.136. The van der Waals surface area contributed by atoms with Gasteiger partial charge in [-0.1, -0.05) is 97.8 Å². The van der Waals surface area contributed by atoms with Crippen molar-refractivity contribution in [1.82, 2.24) is 0 Å². The number of phenolic OH excluding ortho intramolecular Hbond substituents is 2. The lowest BCUT2D eigenvalue weighted by Crippen LogP contribution is -2.12. The molecule has 0 bridgehead atoms. The van der Waals surface area contributed by atoms with Gasteiger partial charge in [-0.25, -0.2) is 4.79 Å². The van der Waals surface area contributed by atoms with Gasteiger partial charge in [-0.2, -0.15) is 0 Å². The topological polar surface area (TPSA) is 87.0 Å². The van der Waals surface area contributed by atoms with Crippen molar-refractivity contribution in [3.8, 4) is 17.2 Å². The number of carboxylic acid groups (broad SMARTS) is 1. The van der Waals surface area contributed by atoms with E-state index in [2.05, 4.69) is 20.8 Å². The molecule has 1 rings (SSSR count). The Morgan fingerprint density at radius 3 is 1.58 bits per heavy atom. The number of hydrogen-bond acceptors (Lipinski definition) is 4. The molecule has 0 saturated heterocycles. The second-order valence-electron chi connectivity index (χ2n) is 9.25. The maximum Gasteiger partial charge on any atom is 0.336 e. The van der Waals surface area contributed by atoms with Gasteiger partial charge in [-0.15, -0.1) is 0 Å². The zero-order valence-corrected chi connectivity index (χ0v) is 21.4. The number of unbranched alkanes of at least 4 members (excludes halogenated alkanes) is 12. The van der Waals surface area contributed by atoms with E-state index >= 15 is 0 Å². The summed E-state index contributed by atoms with van der Waals surface area (Å²) in [6.07, 6.45) is 16.8. The fourth-order valence-corrected chi connectivity index (χ4v) is 4.39. The van der Waals surface area contributed by atoms with Crippen molar-refractivity contribution in [2.45, 2.75) is 130 Å². The summed E-state index contributed by atoms with van der Waals surface area (Å²) >= 11 is 0. The molecule has 0 radical (unpaired) electrons. The molecule has 0 saturated carbocycles. The first-order chi connectivity index (χ1) is 16.0. The minimum atomic E-state index is -1.05. The van der Waals surface area contributed by atoms with Crippen LogP contribution in [0.3, 0.4) is 0 Å². The Morgan fingerprint density at radius 1 is 0.636 bits per heavy atom. The standard InChI is InChI=1S/C28H48O5/c1-4-7-10-13-16-19-22-24(28(31)32)23(20-17-14-11-8-5-2)27(26(30)25(22)29)33-21-18-15-12-9-6-3/h29-30H,4-21H2,1-3H3,(H,31,32). The van der Waals surface area contributed by atoms with E-state index in [0.29, 0.717) is 30.6 Å². The number of carbonyl (C=O) groups is 1. The van der Waals surface area contributed by atoms with Gasteiger partial charge in [-0.3, -0.25) is 0 Å². The van der Waals surface area contributed by atoms with E-state index in [4.69, 9.17) is 4.74 Å². The SMILES string of the molecule is CCCCCCCOc1c(O)c(O)c(CCCCCCC)c(C(=O)O)c1CCCCCCC. The number of ether oxygens (including phenoxy) is 1. The van der Waals surface area contributed by atoms with Crippen LogP contribution in [0.25, 0.3) is 0 Å². The van der Waals surface area contributed by atoms with Crippen molar-refractivity contribution in [2.75, 3.05) is 6.61 Å². The van der Waals surface area contributed by atoms with Crippen molar-refractivity contribution in [2.24, 2.45) is 0 Å². The molecule has 5 heteroatoms. The number of benzene rings is 1. The monoisotopic (exact) mass is 464 g/mol. The van der Waals surface area contributed by atoms with E-state index in [1.165, 1.54) is 12.8 Å². The number of aromatic carboxylic acids is 1. The van der Waals surface area contributed by atoms with Crippen LogP contribution in [0.2, 0.25) is 0 Å². The third-order valence-corrected chi connectivity index (χ3v) is 6.37. The summed E-state index contributed by atoms with van der Waals surface area (Å²) < 4.78 is 5.94. The van der Waals surface area contributed by atoms with Crippen molar-refractivity contribution >= 4 is 5.97 Å². The molecule has 0 heterocycles. The first-order valence-corrected chi connectivity index (χ1v) is 13.4. The molecule has 0 amide bonds. The van der Waals surface area contributed by atoms with Gasteiger partial charge in [0, 0.05) is 11.1 Å². The van der Waals surface area contributed by atoms with Crippen molar-refractivity contribution in [3.05, 3.63) is 16.7 Å². The highest BCUT2D eigenvalue weighted by Crippen LogP contribution is 2.45. The highest BCUT2D eigenvalue weighted by molar-refractivity contribution is 5.94. The molecular formula is C28H48O5. The zero-order chi connectivity index (χ0) is 24.5. The van der Waals surface area contributed by atoms with Gasteiger partial charge in [0.05, 0.1) is 12.2 Å². The lowest BCUT2D eigenvalue weighted by Gasteiger charge is -2.20. The predicted octanol–water partition coefficient (Wildman–Crippen LogP) is 8.17. The van der Waals surface area contributed by atoms with Crippen LogP contribution in [0.1, 0.15) is 139 Å². The van der Waals surface area contributed by atoms with Gasteiger partial charge >= 0.3 is 5.97 Å². The zero-order valence-electron chi connectivity index (χ0n) is 21.4. The van der Waals surface area contributed by atoms with E-state index in [9.17, 15) is 20.1 Å². The molecule has 0 unspecified atom stereocenters. The fraction of sp³-hybridized carbons (Fsp3) is 0.750. The molecule has 0 aliphatic heterocycles. The van der Waals surface area contributed by atoms with E-state index in [-0.39, 0.29) is 22.8 Å². The van der Waals surface area contributed by atoms with Crippen molar-refractivity contribution in [3.63, 3.8) is 0 Å². The van der Waals surface area contributed by atoms with Gasteiger partial charge in [0.25, 0.3) is 0 Å². The van der Waals surface area contributed by atoms with E-state index in [1.54, 1.807) is 0 Å². The number of rotatable bonds is 20. The summed E-state index contributed by atoms with van der Waals surface area (Å²) in [7, 11) is 0. The third-order valence-electron chi connectivity index (χ3n) is 6.37. The van der Waals surface area contributed by atoms with Crippen LogP contribution in [0.5, 0.6) is 17.2 Å². The summed E-state index contributed by atoms with van der Waals surface area (Å²) in [6, 6.07) is 0. The molecule has 5 nitrogen and oxygen atoms in total. The summed E-state index contributed by atoms with van der Waals surface area (Å²) in [5.74, 6) is -1.49. The Morgan fingerprint density at radius 2 is 1.09 bits per heavy atom. The molecule has 0 atom stereocenters. The molecule has 3 N–H and O–H groups in total. The molecule has 0 aliphatic carbocycles. The highest BCUT2D eigenvalue weighted by Gasteiger charge is 2.28. The summed E-state index contributed by atoms with van der Waals surface area (Å²) in [5, 5.41) is 31.7. The lowest BCUT2D eigenvalue weighted by atomic mass is 9.91. The Bertz CT molecular complexity index is 684. The molecule has 0 aliphatic rings. The Hall–Kier alpha value is -1.91. The van der Waals surface area contributed by atoms with Crippen molar-refractivity contribution in [1.29, 1.82) is 0 Å². The van der Waals surface area contributed by atoms with E-state index in [0.717, 1.165) is 83.5 Å². The van der Waals surface area contributed by atoms with Crippen LogP contribution in [-0.4, -0.2) is 27.9 Å². The Labute approximate surface area is 201 Å². The van der Waals surface area contributed by atoms with Gasteiger partial charge < -0.3 is 20.1 Å². The predicted molar refractivity (Wildman–Crippen MR) is 136 cm³/mol. The molecule has 190 valence electrons. The molecular weight excluding hydrogens is 416 g/mol. The molecule has 1 aromatic carbocycles. The van der Waals surface area contributed by atoms with E-state index < -0.39 is 5.97 Å². The molecule has 0 spiro atoms. The summed E-state index contributed by atoms with van der Waals surface area (Å²) in [4.78, 5) is 12.3. The number of aromatic hydroxyl groups is 2. The van der Waals surface area contributed by atoms with Crippen LogP contribution >= 0.6 is 0 Å². The second kappa shape index (κ2) is 17.6. The average molecular weight is 465 g/mol. The molecule has 0 aromatic heterocycles. The van der Waals surface area contributed by atoms with Gasteiger partial charge in [-0.05, 0) is 32.1 Å². The van der Waals surface area contributed by atoms with Crippen LogP contribution in [-0.2, 0) is 12.8 Å². The van der Waals surface area contributed by atoms with Gasteiger partial charge in [0.2, 0.25) is 5.75 Å². The minimum Gasteiger partial charge on any atom is -0.504 e. The third kappa shape index (κ3) is 10.3. The van der Waals surface area contributed by atoms with E-state index in [1.807, 2.05) is 0 Å². The molecule has 1 aromatic rings. The smallest absolute Gasteiger partial charge is 0.336 e. The number of phenols is 2. The average Bonchev–Trinajstić information content (AvgIpc) is 2.79. The Kier molecular flexibility index (Phi) is 15.5. The molecule has 0 fully saturated rings. The normalized spacial score (nSPS) is 11.1.